The SMILES string of the molecule is Cc1cccc(-c2c(O)[n+](Cc3cnc(Cl)s3)c3c(C)cccn3c2=O)c1F. The molecule has 5 nitrogen and oxygen atoms in total. The minimum atomic E-state index is -0.533. The van der Waals surface area contributed by atoms with Crippen molar-refractivity contribution in [3.8, 4) is 17.0 Å². The number of hydrogen-bond acceptors (Lipinski definition) is 4. The molecule has 1 N–H and O–H groups in total. The zero-order valence-electron chi connectivity index (χ0n) is 15.1. The monoisotopic (exact) mass is 416 g/mol. The number of aromatic hydroxyl groups is 1. The van der Waals surface area contributed by atoms with Gasteiger partial charge in [-0.15, -0.1) is 11.3 Å². The van der Waals surface area contributed by atoms with Gasteiger partial charge in [0.15, 0.2) is 10.0 Å². The highest BCUT2D eigenvalue weighted by Gasteiger charge is 2.28. The van der Waals surface area contributed by atoms with E-state index in [9.17, 15) is 14.3 Å². The molecule has 28 heavy (non-hydrogen) atoms. The van der Waals surface area contributed by atoms with Crippen LogP contribution in [0, 0.1) is 19.7 Å². The summed E-state index contributed by atoms with van der Waals surface area (Å²) in [6, 6.07) is 8.36. The van der Waals surface area contributed by atoms with Crippen molar-refractivity contribution >= 4 is 28.6 Å². The molecule has 0 aliphatic rings. The number of fused-ring (bicyclic) bond motifs is 1. The van der Waals surface area contributed by atoms with E-state index in [4.69, 9.17) is 11.6 Å². The van der Waals surface area contributed by atoms with Gasteiger partial charge in [0.2, 0.25) is 0 Å². The molecule has 4 aromatic rings. The van der Waals surface area contributed by atoms with Crippen LogP contribution in [0.15, 0.2) is 47.5 Å². The number of thiazole rings is 1. The molecule has 3 aromatic heterocycles. The second-order valence-electron chi connectivity index (χ2n) is 6.49. The van der Waals surface area contributed by atoms with Crippen LogP contribution in [-0.4, -0.2) is 14.5 Å². The van der Waals surface area contributed by atoms with Crippen molar-refractivity contribution in [2.24, 2.45) is 0 Å². The normalized spacial score (nSPS) is 11.3. The average Bonchev–Trinajstić information content (AvgIpc) is 3.07. The fourth-order valence-electron chi connectivity index (χ4n) is 3.31. The Hall–Kier alpha value is -2.77. The molecule has 0 saturated heterocycles. The van der Waals surface area contributed by atoms with E-state index in [1.807, 2.05) is 13.0 Å². The third kappa shape index (κ3) is 2.96. The second kappa shape index (κ2) is 7.00. The minimum Gasteiger partial charge on any atom is -0.477 e. The topological polar surface area (TPSA) is 58.5 Å². The smallest absolute Gasteiger partial charge is 0.354 e. The fourth-order valence-corrected chi connectivity index (χ4v) is 4.27. The average molecular weight is 417 g/mol. The van der Waals surface area contributed by atoms with Crippen LogP contribution in [-0.2, 0) is 6.54 Å². The van der Waals surface area contributed by atoms with E-state index < -0.39 is 11.4 Å². The lowest BCUT2D eigenvalue weighted by Crippen LogP contribution is -2.41. The lowest BCUT2D eigenvalue weighted by Gasteiger charge is -2.11. The quantitative estimate of drug-likeness (QED) is 0.516. The zero-order chi connectivity index (χ0) is 20.0. The molecule has 0 amide bonds. The molecule has 0 saturated carbocycles. The number of halogens is 2. The van der Waals surface area contributed by atoms with E-state index in [1.165, 1.54) is 21.8 Å². The number of aryl methyl sites for hydroxylation is 2. The van der Waals surface area contributed by atoms with Crippen LogP contribution in [0.3, 0.4) is 0 Å². The third-order valence-electron chi connectivity index (χ3n) is 4.63. The van der Waals surface area contributed by atoms with Gasteiger partial charge in [-0.2, -0.15) is 8.97 Å². The van der Waals surface area contributed by atoms with Crippen molar-refractivity contribution in [2.75, 3.05) is 0 Å². The molecule has 0 spiro atoms. The highest BCUT2D eigenvalue weighted by Crippen LogP contribution is 2.28. The summed E-state index contributed by atoms with van der Waals surface area (Å²) < 4.78 is 18.2. The summed E-state index contributed by atoms with van der Waals surface area (Å²) in [6.45, 7) is 3.70. The predicted molar refractivity (Wildman–Crippen MR) is 107 cm³/mol. The summed E-state index contributed by atoms with van der Waals surface area (Å²) in [5.74, 6) is -0.830. The summed E-state index contributed by atoms with van der Waals surface area (Å²) >= 11 is 7.22. The van der Waals surface area contributed by atoms with Crippen LogP contribution in [0.1, 0.15) is 16.0 Å². The lowest BCUT2D eigenvalue weighted by atomic mass is 10.0. The summed E-state index contributed by atoms with van der Waals surface area (Å²) in [6.07, 6.45) is 3.23. The van der Waals surface area contributed by atoms with Crippen molar-refractivity contribution in [1.82, 2.24) is 9.38 Å². The van der Waals surface area contributed by atoms with Crippen molar-refractivity contribution in [3.63, 3.8) is 0 Å². The minimum absolute atomic E-state index is 0.0643. The van der Waals surface area contributed by atoms with Crippen LogP contribution >= 0.6 is 22.9 Å². The maximum absolute atomic E-state index is 14.8. The van der Waals surface area contributed by atoms with Gasteiger partial charge >= 0.3 is 5.56 Å². The largest absolute Gasteiger partial charge is 0.477 e. The predicted octanol–water partition coefficient (Wildman–Crippen LogP) is 3.87. The molecule has 142 valence electrons. The first-order valence-electron chi connectivity index (χ1n) is 8.51. The molecule has 0 unspecified atom stereocenters. The van der Waals surface area contributed by atoms with Crippen molar-refractivity contribution < 1.29 is 14.1 Å². The number of nitrogens with zero attached hydrogens (tertiary/aromatic N) is 3. The first-order chi connectivity index (χ1) is 13.4. The van der Waals surface area contributed by atoms with Crippen molar-refractivity contribution in [1.29, 1.82) is 0 Å². The van der Waals surface area contributed by atoms with Crippen molar-refractivity contribution in [2.45, 2.75) is 20.4 Å². The molecule has 8 heteroatoms. The number of aromatic nitrogens is 3. The fraction of sp³-hybridized carbons (Fsp3) is 0.150. The molecule has 0 aliphatic heterocycles. The second-order valence-corrected chi connectivity index (χ2v) is 8.19. The lowest BCUT2D eigenvalue weighted by molar-refractivity contribution is -0.671. The van der Waals surface area contributed by atoms with Crippen molar-refractivity contribution in [3.05, 3.63) is 79.4 Å². The zero-order valence-corrected chi connectivity index (χ0v) is 16.7. The first kappa shape index (κ1) is 18.6. The van der Waals surface area contributed by atoms with Crippen LogP contribution < -0.4 is 10.1 Å². The van der Waals surface area contributed by atoms with E-state index in [-0.39, 0.29) is 23.6 Å². The van der Waals surface area contributed by atoms with Gasteiger partial charge in [0.1, 0.15) is 12.4 Å². The maximum Gasteiger partial charge on any atom is 0.354 e. The van der Waals surface area contributed by atoms with E-state index >= 15 is 0 Å². The van der Waals surface area contributed by atoms with Crippen LogP contribution in [0.2, 0.25) is 4.47 Å². The van der Waals surface area contributed by atoms with Crippen LogP contribution in [0.4, 0.5) is 4.39 Å². The summed E-state index contributed by atoms with van der Waals surface area (Å²) in [7, 11) is 0. The molecule has 0 radical (unpaired) electrons. The standard InChI is InChI=1S/C20H15ClFN3O2S/c1-11-5-3-7-14(16(11)22)15-18(26)24-8-4-6-12(2)17(24)25(19(15)27)10-13-9-23-20(21)28-13/h3-9H,10H2,1-2H3/p+1. The van der Waals surface area contributed by atoms with E-state index in [0.29, 0.717) is 15.7 Å². The number of hydrogen-bond donors (Lipinski definition) is 1. The Morgan fingerprint density at radius 2 is 2.00 bits per heavy atom. The summed E-state index contributed by atoms with van der Waals surface area (Å²) in [5, 5.41) is 11.1. The highest BCUT2D eigenvalue weighted by atomic mass is 35.5. The third-order valence-corrected chi connectivity index (χ3v) is 5.73. The Morgan fingerprint density at radius 3 is 2.71 bits per heavy atom. The van der Waals surface area contributed by atoms with Crippen LogP contribution in [0.5, 0.6) is 5.88 Å². The highest BCUT2D eigenvalue weighted by molar-refractivity contribution is 7.15. The summed E-state index contributed by atoms with van der Waals surface area (Å²) in [5.41, 5.74) is 1.20. The molecular weight excluding hydrogens is 401 g/mol. The molecule has 0 fully saturated rings. The van der Waals surface area contributed by atoms with E-state index in [0.717, 1.165) is 10.4 Å². The summed E-state index contributed by atoms with van der Waals surface area (Å²) in [4.78, 5) is 18.0. The van der Waals surface area contributed by atoms with E-state index in [2.05, 4.69) is 4.98 Å². The number of pyridine rings is 1. The molecule has 1 aromatic carbocycles. The van der Waals surface area contributed by atoms with Gasteiger partial charge in [-0.25, -0.2) is 14.2 Å². The van der Waals surface area contributed by atoms with Gasteiger partial charge < -0.3 is 5.11 Å². The molecule has 0 bridgehead atoms. The first-order valence-corrected chi connectivity index (χ1v) is 9.70. The molecule has 0 aliphatic carbocycles. The maximum atomic E-state index is 14.8. The van der Waals surface area contributed by atoms with Gasteiger partial charge in [-0.1, -0.05) is 29.8 Å². The Balaban J connectivity index is 2.10. The molecular formula is C20H16ClFN3O2S+. The molecule has 0 atom stereocenters. The van der Waals surface area contributed by atoms with Gasteiger partial charge in [0.25, 0.3) is 11.5 Å². The number of rotatable bonds is 3. The molecule has 3 heterocycles. The van der Waals surface area contributed by atoms with Gasteiger partial charge in [-0.3, -0.25) is 0 Å². The van der Waals surface area contributed by atoms with E-state index in [1.54, 1.807) is 42.1 Å². The Bertz CT molecular complexity index is 1280. The Kier molecular flexibility index (Phi) is 4.64. The Morgan fingerprint density at radius 1 is 1.25 bits per heavy atom. The van der Waals surface area contributed by atoms with Gasteiger partial charge in [0, 0.05) is 17.3 Å². The van der Waals surface area contributed by atoms with Crippen LogP contribution in [0.25, 0.3) is 16.8 Å². The Labute approximate surface area is 168 Å². The van der Waals surface area contributed by atoms with Gasteiger partial charge in [-0.05, 0) is 31.5 Å². The molecule has 4 rings (SSSR count). The van der Waals surface area contributed by atoms with Gasteiger partial charge in [0.05, 0.1) is 11.1 Å². The number of benzene rings is 1.